The zero-order valence-corrected chi connectivity index (χ0v) is 16.4. The van der Waals surface area contributed by atoms with E-state index in [4.69, 9.17) is 9.47 Å². The lowest BCUT2D eigenvalue weighted by Gasteiger charge is -2.15. The molecule has 0 bridgehead atoms. The molecule has 2 aromatic rings. The minimum absolute atomic E-state index is 0.124. The van der Waals surface area contributed by atoms with E-state index in [0.717, 1.165) is 5.69 Å². The number of aliphatic hydroxyl groups excluding tert-OH is 1. The first-order valence-electron chi connectivity index (χ1n) is 8.62. The Kier molecular flexibility index (Phi) is 7.22. The van der Waals surface area contributed by atoms with Crippen molar-refractivity contribution in [1.29, 1.82) is 0 Å². The van der Waals surface area contributed by atoms with E-state index in [2.05, 4.69) is 10.6 Å². The molecule has 28 heavy (non-hydrogen) atoms. The Morgan fingerprint density at radius 2 is 1.64 bits per heavy atom. The lowest BCUT2D eigenvalue weighted by Crippen LogP contribution is -2.37. The quantitative estimate of drug-likeness (QED) is 0.624. The van der Waals surface area contributed by atoms with E-state index in [1.54, 1.807) is 30.3 Å². The average molecular weight is 387 g/mol. The van der Waals surface area contributed by atoms with E-state index in [0.29, 0.717) is 22.7 Å². The highest BCUT2D eigenvalue weighted by Crippen LogP contribution is 2.29. The number of carbonyl (C=O) groups is 2. The molecule has 0 aliphatic carbocycles. The van der Waals surface area contributed by atoms with Gasteiger partial charge in [-0.15, -0.1) is 0 Å². The third kappa shape index (κ3) is 5.37. The molecule has 0 radical (unpaired) electrons. The minimum atomic E-state index is -1.00. The first kappa shape index (κ1) is 21.0. The normalized spacial score (nSPS) is 11.3. The average Bonchev–Trinajstić information content (AvgIpc) is 2.71. The third-order valence-corrected chi connectivity index (χ3v) is 4.10. The van der Waals surface area contributed by atoms with Gasteiger partial charge in [0.05, 0.1) is 20.3 Å². The van der Waals surface area contributed by atoms with Crippen LogP contribution in [-0.2, 0) is 9.59 Å². The molecule has 2 rings (SSSR count). The number of hydrogen-bond donors (Lipinski definition) is 3. The Morgan fingerprint density at radius 1 is 1.00 bits per heavy atom. The zero-order chi connectivity index (χ0) is 20.7. The Balaban J connectivity index is 1.91. The molecule has 150 valence electrons. The molecule has 0 unspecified atom stereocenters. The predicted octanol–water partition coefficient (Wildman–Crippen LogP) is 1.56. The number of nitrogens with zero attached hydrogens (tertiary/aromatic N) is 1. The number of carbonyl (C=O) groups excluding carboxylic acids is 2. The number of hydrogen-bond acceptors (Lipinski definition) is 6. The summed E-state index contributed by atoms with van der Waals surface area (Å²) < 4.78 is 10.3. The number of anilines is 2. The standard InChI is InChI=1S/C20H25N3O5/c1-23(2)15-8-6-14(7-9-15)22-20(26)19(25)21-12-16(24)13-5-10-17(27-3)18(11-13)28-4/h5-11,16,24H,12H2,1-4H3,(H,21,25)(H,22,26)/t16-/m1/s1. The number of rotatable bonds is 7. The molecule has 0 aliphatic rings. The van der Waals surface area contributed by atoms with E-state index in [-0.39, 0.29) is 6.54 Å². The van der Waals surface area contributed by atoms with Crippen molar-refractivity contribution in [1.82, 2.24) is 5.32 Å². The smallest absolute Gasteiger partial charge is 0.313 e. The van der Waals surface area contributed by atoms with Crippen LogP contribution < -0.4 is 25.0 Å². The van der Waals surface area contributed by atoms with E-state index in [1.165, 1.54) is 14.2 Å². The largest absolute Gasteiger partial charge is 0.493 e. The van der Waals surface area contributed by atoms with E-state index >= 15 is 0 Å². The van der Waals surface area contributed by atoms with Gasteiger partial charge in [0.1, 0.15) is 0 Å². The first-order valence-corrected chi connectivity index (χ1v) is 8.62. The van der Waals surface area contributed by atoms with E-state index in [9.17, 15) is 14.7 Å². The summed E-state index contributed by atoms with van der Waals surface area (Å²) in [7, 11) is 6.82. The van der Waals surface area contributed by atoms with Gasteiger partial charge in [-0.25, -0.2) is 0 Å². The van der Waals surface area contributed by atoms with Crippen molar-refractivity contribution in [2.75, 3.05) is 45.1 Å². The molecule has 0 saturated carbocycles. The highest BCUT2D eigenvalue weighted by molar-refractivity contribution is 6.39. The van der Waals surface area contributed by atoms with Gasteiger partial charge < -0.3 is 30.1 Å². The van der Waals surface area contributed by atoms with Crippen LogP contribution in [0.1, 0.15) is 11.7 Å². The highest BCUT2D eigenvalue weighted by Gasteiger charge is 2.17. The maximum atomic E-state index is 12.0. The molecule has 8 nitrogen and oxygen atoms in total. The topological polar surface area (TPSA) is 100 Å². The van der Waals surface area contributed by atoms with Crippen molar-refractivity contribution in [2.45, 2.75) is 6.10 Å². The number of methoxy groups -OCH3 is 2. The molecule has 0 heterocycles. The maximum Gasteiger partial charge on any atom is 0.313 e. The predicted molar refractivity (Wildman–Crippen MR) is 107 cm³/mol. The van der Waals surface area contributed by atoms with Crippen molar-refractivity contribution in [3.8, 4) is 11.5 Å². The van der Waals surface area contributed by atoms with Crippen molar-refractivity contribution in [2.24, 2.45) is 0 Å². The van der Waals surface area contributed by atoms with Gasteiger partial charge in [-0.1, -0.05) is 6.07 Å². The molecule has 0 spiro atoms. The number of nitrogens with one attached hydrogen (secondary N) is 2. The monoisotopic (exact) mass is 387 g/mol. The van der Waals surface area contributed by atoms with Crippen LogP contribution in [0.2, 0.25) is 0 Å². The van der Waals surface area contributed by atoms with Crippen LogP contribution >= 0.6 is 0 Å². The molecule has 3 N–H and O–H groups in total. The van der Waals surface area contributed by atoms with Gasteiger partial charge in [-0.2, -0.15) is 0 Å². The van der Waals surface area contributed by atoms with Crippen LogP contribution in [0, 0.1) is 0 Å². The Bertz CT molecular complexity index is 821. The SMILES string of the molecule is COc1ccc([C@H](O)CNC(=O)C(=O)Nc2ccc(N(C)C)cc2)cc1OC. The van der Waals surface area contributed by atoms with Gasteiger partial charge in [0, 0.05) is 32.0 Å². The molecule has 0 saturated heterocycles. The van der Waals surface area contributed by atoms with Gasteiger partial charge in [0.2, 0.25) is 0 Å². The molecule has 0 aliphatic heterocycles. The van der Waals surface area contributed by atoms with Gasteiger partial charge in [0.25, 0.3) is 0 Å². The van der Waals surface area contributed by atoms with Crippen LogP contribution in [0.4, 0.5) is 11.4 Å². The number of benzene rings is 2. The summed E-state index contributed by atoms with van der Waals surface area (Å²) in [5.41, 5.74) is 2.00. The second-order valence-corrected chi connectivity index (χ2v) is 6.24. The molecule has 2 aromatic carbocycles. The molecular weight excluding hydrogens is 362 g/mol. The fourth-order valence-electron chi connectivity index (χ4n) is 2.48. The lowest BCUT2D eigenvalue weighted by atomic mass is 10.1. The summed E-state index contributed by atoms with van der Waals surface area (Å²) in [5.74, 6) is -0.653. The van der Waals surface area contributed by atoms with Gasteiger partial charge in [0.15, 0.2) is 11.5 Å². The molecular formula is C20H25N3O5. The summed E-state index contributed by atoms with van der Waals surface area (Å²) in [6.07, 6.45) is -1.00. The third-order valence-electron chi connectivity index (χ3n) is 4.10. The van der Waals surface area contributed by atoms with Crippen molar-refractivity contribution >= 4 is 23.2 Å². The van der Waals surface area contributed by atoms with Crippen LogP contribution in [0.5, 0.6) is 11.5 Å². The van der Waals surface area contributed by atoms with Gasteiger partial charge in [-0.05, 0) is 42.0 Å². The van der Waals surface area contributed by atoms with Crippen molar-refractivity contribution < 1.29 is 24.2 Å². The number of ether oxygens (including phenoxy) is 2. The van der Waals surface area contributed by atoms with Crippen LogP contribution in [-0.4, -0.2) is 51.8 Å². The Labute approximate surface area is 164 Å². The fourth-order valence-corrected chi connectivity index (χ4v) is 2.48. The summed E-state index contributed by atoms with van der Waals surface area (Å²) in [5, 5.41) is 15.2. The zero-order valence-electron chi connectivity index (χ0n) is 16.4. The molecule has 0 fully saturated rings. The van der Waals surface area contributed by atoms with E-state index < -0.39 is 17.9 Å². The van der Waals surface area contributed by atoms with Gasteiger partial charge >= 0.3 is 11.8 Å². The van der Waals surface area contributed by atoms with E-state index in [1.807, 2.05) is 31.1 Å². The number of aliphatic hydroxyl groups is 1. The van der Waals surface area contributed by atoms with Crippen LogP contribution in [0.3, 0.4) is 0 Å². The highest BCUT2D eigenvalue weighted by atomic mass is 16.5. The van der Waals surface area contributed by atoms with Crippen LogP contribution in [0.25, 0.3) is 0 Å². The second kappa shape index (κ2) is 9.61. The lowest BCUT2D eigenvalue weighted by molar-refractivity contribution is -0.136. The molecule has 0 aromatic heterocycles. The number of amides is 2. The van der Waals surface area contributed by atoms with Gasteiger partial charge in [-0.3, -0.25) is 9.59 Å². The molecule has 2 amide bonds. The first-order chi connectivity index (χ1) is 13.3. The molecule has 1 atom stereocenters. The maximum absolute atomic E-state index is 12.0. The molecule has 8 heteroatoms. The Hall–Kier alpha value is -3.26. The summed E-state index contributed by atoms with van der Waals surface area (Å²) in [6.45, 7) is -0.124. The second-order valence-electron chi connectivity index (χ2n) is 6.24. The van der Waals surface area contributed by atoms with Crippen molar-refractivity contribution in [3.63, 3.8) is 0 Å². The minimum Gasteiger partial charge on any atom is -0.493 e. The van der Waals surface area contributed by atoms with Crippen molar-refractivity contribution in [3.05, 3.63) is 48.0 Å². The summed E-state index contributed by atoms with van der Waals surface area (Å²) >= 11 is 0. The fraction of sp³-hybridized carbons (Fsp3) is 0.300. The summed E-state index contributed by atoms with van der Waals surface area (Å²) in [4.78, 5) is 25.9. The van der Waals surface area contributed by atoms with Crippen LogP contribution in [0.15, 0.2) is 42.5 Å². The summed E-state index contributed by atoms with van der Waals surface area (Å²) in [6, 6.07) is 12.0. The Morgan fingerprint density at radius 3 is 2.21 bits per heavy atom.